The third-order valence-corrected chi connectivity index (χ3v) is 10.1. The SMILES string of the molecule is CC/C=C\C/C=C\C/C=C\C/C=C\C/C=C\CC(=O)OC(COC(=O)CCCCCCCCCCCCCC/C=C\C/C=C\C/C=C\C/C=C\CC)COC(OCC[N+](C)(C)C)C(=O)O. The normalized spacial score (nSPS) is 13.8. The first-order chi connectivity index (χ1) is 31.6. The van der Waals surface area contributed by atoms with Crippen LogP contribution in [0.2, 0.25) is 0 Å². The summed E-state index contributed by atoms with van der Waals surface area (Å²) < 4.78 is 22.6. The average molecular weight is 907 g/mol. The van der Waals surface area contributed by atoms with E-state index in [-0.39, 0.29) is 38.6 Å². The van der Waals surface area contributed by atoms with Gasteiger partial charge in [0.1, 0.15) is 13.2 Å². The van der Waals surface area contributed by atoms with E-state index >= 15 is 0 Å². The van der Waals surface area contributed by atoms with E-state index in [1.54, 1.807) is 6.08 Å². The summed E-state index contributed by atoms with van der Waals surface area (Å²) in [6.45, 7) is 4.51. The molecule has 368 valence electrons. The molecule has 0 spiro atoms. The number of hydrogen-bond donors (Lipinski definition) is 1. The Morgan fingerprint density at radius 1 is 0.477 bits per heavy atom. The van der Waals surface area contributed by atoms with Crippen molar-refractivity contribution in [2.75, 3.05) is 47.5 Å². The van der Waals surface area contributed by atoms with Gasteiger partial charge >= 0.3 is 17.9 Å². The van der Waals surface area contributed by atoms with Crippen molar-refractivity contribution in [3.8, 4) is 0 Å². The fourth-order valence-electron chi connectivity index (χ4n) is 6.25. The van der Waals surface area contributed by atoms with Crippen molar-refractivity contribution in [2.45, 2.75) is 180 Å². The number of aliphatic carboxylic acids is 1. The number of esters is 2. The van der Waals surface area contributed by atoms with E-state index in [0.717, 1.165) is 70.6 Å². The lowest BCUT2D eigenvalue weighted by molar-refractivity contribution is -0.870. The second-order valence-corrected chi connectivity index (χ2v) is 17.4. The molecule has 0 amide bonds. The molecule has 0 aromatic rings. The minimum absolute atomic E-state index is 0.0219. The Morgan fingerprint density at radius 2 is 0.877 bits per heavy atom. The number of hydrogen-bond acceptors (Lipinski definition) is 7. The fourth-order valence-corrected chi connectivity index (χ4v) is 6.25. The van der Waals surface area contributed by atoms with Gasteiger partial charge in [-0.15, -0.1) is 0 Å². The molecule has 0 aromatic carbocycles. The first-order valence-corrected chi connectivity index (χ1v) is 25.1. The Kier molecular flexibility index (Phi) is 43.6. The van der Waals surface area contributed by atoms with Crippen LogP contribution in [0.1, 0.15) is 168 Å². The number of quaternary nitrogens is 1. The lowest BCUT2D eigenvalue weighted by Crippen LogP contribution is -2.40. The molecule has 0 aliphatic carbocycles. The van der Waals surface area contributed by atoms with Crippen LogP contribution in [0.3, 0.4) is 0 Å². The highest BCUT2D eigenvalue weighted by Crippen LogP contribution is 2.14. The largest absolute Gasteiger partial charge is 0.477 e. The molecule has 0 aromatic heterocycles. The summed E-state index contributed by atoms with van der Waals surface area (Å²) in [5.74, 6) is -2.19. The van der Waals surface area contributed by atoms with Crippen LogP contribution in [0.15, 0.2) is 109 Å². The Morgan fingerprint density at radius 3 is 1.31 bits per heavy atom. The molecule has 0 rings (SSSR count). The van der Waals surface area contributed by atoms with Gasteiger partial charge in [-0.1, -0.05) is 187 Å². The maximum absolute atomic E-state index is 12.7. The van der Waals surface area contributed by atoms with Crippen LogP contribution < -0.4 is 0 Å². The van der Waals surface area contributed by atoms with Gasteiger partial charge in [0.05, 0.1) is 40.8 Å². The van der Waals surface area contributed by atoms with Crippen molar-refractivity contribution in [1.29, 1.82) is 0 Å². The van der Waals surface area contributed by atoms with Gasteiger partial charge in [-0.05, 0) is 77.0 Å². The molecule has 0 saturated carbocycles. The average Bonchev–Trinajstić information content (AvgIpc) is 3.27. The van der Waals surface area contributed by atoms with E-state index in [1.807, 2.05) is 33.3 Å². The lowest BCUT2D eigenvalue weighted by atomic mass is 10.0. The van der Waals surface area contributed by atoms with Crippen LogP contribution in [0.5, 0.6) is 0 Å². The number of nitrogens with zero attached hydrogens (tertiary/aromatic N) is 1. The summed E-state index contributed by atoms with van der Waals surface area (Å²) in [6, 6.07) is 0. The number of unbranched alkanes of at least 4 members (excludes halogenated alkanes) is 12. The summed E-state index contributed by atoms with van der Waals surface area (Å²) in [5, 5.41) is 9.65. The monoisotopic (exact) mass is 907 g/mol. The van der Waals surface area contributed by atoms with E-state index in [2.05, 4.69) is 105 Å². The molecule has 0 fully saturated rings. The number of carboxylic acids is 1. The molecule has 0 aliphatic heterocycles. The summed E-state index contributed by atoms with van der Waals surface area (Å²) >= 11 is 0. The first kappa shape index (κ1) is 60.9. The molecule has 0 saturated heterocycles. The van der Waals surface area contributed by atoms with E-state index in [4.69, 9.17) is 18.9 Å². The molecular weight excluding hydrogens is 815 g/mol. The van der Waals surface area contributed by atoms with Crippen molar-refractivity contribution in [3.05, 3.63) is 109 Å². The fraction of sp³-hybridized carbons (Fsp3) is 0.625. The van der Waals surface area contributed by atoms with Crippen LogP contribution in [0, 0.1) is 0 Å². The van der Waals surface area contributed by atoms with Gasteiger partial charge in [0.25, 0.3) is 6.29 Å². The molecular formula is C56H92NO8+. The highest BCUT2D eigenvalue weighted by Gasteiger charge is 2.25. The van der Waals surface area contributed by atoms with Crippen LogP contribution in [0.25, 0.3) is 0 Å². The highest BCUT2D eigenvalue weighted by atomic mass is 16.7. The first-order valence-electron chi connectivity index (χ1n) is 25.1. The number of likely N-dealkylation sites (N-methyl/N-ethyl adjacent to an activating group) is 1. The Labute approximate surface area is 396 Å². The standard InChI is InChI=1S/C56H91NO8/c1-6-8-10-12-14-16-18-20-22-23-24-25-26-27-28-29-30-31-33-34-36-38-40-42-44-46-53(58)63-50-52(51-64-56(55(60)61)62-49-48-57(3,4)5)65-54(59)47-45-43-41-39-37-35-32-21-19-17-15-13-11-9-7-2/h8-11,14-17,20-22,24-25,32,37,39,43,45,52,56H,6-7,12-13,18-19,23,26-31,33-36,38,40-42,44,46-51H2,1-5H3/p+1/b10-8-,11-9-,16-14-,17-15-,22-20-,25-24-,32-21-,39-37-,45-43-. The second-order valence-electron chi connectivity index (χ2n) is 17.4. The van der Waals surface area contributed by atoms with Crippen molar-refractivity contribution in [2.24, 2.45) is 0 Å². The minimum atomic E-state index is -1.54. The number of rotatable bonds is 44. The zero-order valence-corrected chi connectivity index (χ0v) is 41.6. The second kappa shape index (κ2) is 46.5. The topological polar surface area (TPSA) is 108 Å². The molecule has 1 N–H and O–H groups in total. The molecule has 65 heavy (non-hydrogen) atoms. The van der Waals surface area contributed by atoms with Crippen molar-refractivity contribution >= 4 is 17.9 Å². The van der Waals surface area contributed by atoms with Gasteiger partial charge in [0.15, 0.2) is 6.10 Å². The Balaban J connectivity index is 4.39. The highest BCUT2D eigenvalue weighted by molar-refractivity contribution is 5.72. The quantitative estimate of drug-likeness (QED) is 0.0212. The van der Waals surface area contributed by atoms with Crippen LogP contribution >= 0.6 is 0 Å². The van der Waals surface area contributed by atoms with Gasteiger partial charge in [0, 0.05) is 6.42 Å². The van der Waals surface area contributed by atoms with Gasteiger partial charge in [0.2, 0.25) is 0 Å². The number of carbonyl (C=O) groups is 3. The van der Waals surface area contributed by atoms with Crippen LogP contribution in [0.4, 0.5) is 0 Å². The molecule has 2 unspecified atom stereocenters. The van der Waals surface area contributed by atoms with Gasteiger partial charge in [-0.2, -0.15) is 0 Å². The Hall–Kier alpha value is -4.05. The predicted octanol–water partition coefficient (Wildman–Crippen LogP) is 14.0. The minimum Gasteiger partial charge on any atom is -0.477 e. The van der Waals surface area contributed by atoms with Gasteiger partial charge in [-0.25, -0.2) is 4.79 Å². The molecule has 0 heterocycles. The number of carbonyl (C=O) groups excluding carboxylic acids is 2. The Bertz CT molecular complexity index is 1430. The summed E-state index contributed by atoms with van der Waals surface area (Å²) in [7, 11) is 5.92. The van der Waals surface area contributed by atoms with Crippen LogP contribution in [-0.2, 0) is 33.3 Å². The zero-order chi connectivity index (χ0) is 47.7. The smallest absolute Gasteiger partial charge is 0.361 e. The summed E-state index contributed by atoms with van der Waals surface area (Å²) in [5.41, 5.74) is 0. The third-order valence-electron chi connectivity index (χ3n) is 10.1. The summed E-state index contributed by atoms with van der Waals surface area (Å²) in [4.78, 5) is 37.2. The van der Waals surface area contributed by atoms with E-state index < -0.39 is 24.3 Å². The van der Waals surface area contributed by atoms with Crippen molar-refractivity contribution in [3.63, 3.8) is 0 Å². The van der Waals surface area contributed by atoms with Crippen molar-refractivity contribution in [1.82, 2.24) is 0 Å². The molecule has 9 nitrogen and oxygen atoms in total. The number of carboxylic acid groups (broad SMARTS) is 1. The van der Waals surface area contributed by atoms with Gasteiger partial charge < -0.3 is 28.5 Å². The molecule has 0 bridgehead atoms. The maximum atomic E-state index is 12.7. The molecule has 0 radical (unpaired) electrons. The maximum Gasteiger partial charge on any atom is 0.361 e. The predicted molar refractivity (Wildman–Crippen MR) is 271 cm³/mol. The lowest BCUT2D eigenvalue weighted by Gasteiger charge is -2.25. The van der Waals surface area contributed by atoms with E-state index in [0.29, 0.717) is 17.4 Å². The van der Waals surface area contributed by atoms with E-state index in [1.165, 1.54) is 64.2 Å². The molecule has 2 atom stereocenters. The third kappa shape index (κ3) is 47.7. The summed E-state index contributed by atoms with van der Waals surface area (Å²) in [6.07, 6.45) is 60.5. The van der Waals surface area contributed by atoms with Crippen LogP contribution in [-0.4, -0.2) is 87.4 Å². The number of allylic oxidation sites excluding steroid dienone is 17. The van der Waals surface area contributed by atoms with Gasteiger partial charge in [-0.3, -0.25) is 9.59 Å². The number of ether oxygens (including phenoxy) is 4. The molecule has 9 heteroatoms. The molecule has 0 aliphatic rings. The zero-order valence-electron chi connectivity index (χ0n) is 41.6. The van der Waals surface area contributed by atoms with E-state index in [9.17, 15) is 19.5 Å². The van der Waals surface area contributed by atoms with Crippen molar-refractivity contribution < 1.29 is 42.9 Å².